The summed E-state index contributed by atoms with van der Waals surface area (Å²) in [5, 5.41) is 2.73. The summed E-state index contributed by atoms with van der Waals surface area (Å²) >= 11 is 0. The monoisotopic (exact) mass is 219 g/mol. The van der Waals surface area contributed by atoms with Crippen LogP contribution >= 0.6 is 0 Å². The lowest BCUT2D eigenvalue weighted by Crippen LogP contribution is -2.28. The Morgan fingerprint density at radius 1 is 1.50 bits per heavy atom. The van der Waals surface area contributed by atoms with E-state index in [0.717, 1.165) is 30.6 Å². The van der Waals surface area contributed by atoms with Gasteiger partial charge in [0.25, 0.3) is 0 Å². The Balaban J connectivity index is 2.39. The van der Waals surface area contributed by atoms with E-state index in [1.54, 1.807) is 14.2 Å². The lowest BCUT2D eigenvalue weighted by atomic mass is 9.82. The number of rotatable bonds is 2. The Morgan fingerprint density at radius 3 is 3.00 bits per heavy atom. The fourth-order valence-corrected chi connectivity index (χ4v) is 2.35. The van der Waals surface area contributed by atoms with Crippen LogP contribution in [0.25, 0.3) is 0 Å². The summed E-state index contributed by atoms with van der Waals surface area (Å²) < 4.78 is 5.21. The highest BCUT2D eigenvalue weighted by Crippen LogP contribution is 2.34. The van der Waals surface area contributed by atoms with Crippen LogP contribution in [0.4, 0.5) is 0 Å². The standard InChI is InChI=1S/C13H17NO2/c1-14-13(15)11-5-3-4-9-6-7-10(16-2)8-12(9)11/h6-8,11H,3-5H2,1-2H3,(H,14,15)/t11-/m1/s1. The average Bonchev–Trinajstić information content (AvgIpc) is 2.36. The summed E-state index contributed by atoms with van der Waals surface area (Å²) in [5.41, 5.74) is 2.41. The van der Waals surface area contributed by atoms with Crippen molar-refractivity contribution in [3.05, 3.63) is 29.3 Å². The van der Waals surface area contributed by atoms with E-state index in [4.69, 9.17) is 4.74 Å². The van der Waals surface area contributed by atoms with Crippen LogP contribution in [0.1, 0.15) is 29.9 Å². The summed E-state index contributed by atoms with van der Waals surface area (Å²) in [7, 11) is 3.34. The zero-order valence-electron chi connectivity index (χ0n) is 9.75. The summed E-state index contributed by atoms with van der Waals surface area (Å²) in [6.45, 7) is 0. The minimum atomic E-state index is -0.0103. The predicted octanol–water partition coefficient (Wildman–Crippen LogP) is 1.86. The van der Waals surface area contributed by atoms with Gasteiger partial charge in [0.1, 0.15) is 5.75 Å². The van der Waals surface area contributed by atoms with Gasteiger partial charge in [-0.1, -0.05) is 6.07 Å². The lowest BCUT2D eigenvalue weighted by Gasteiger charge is -2.24. The molecule has 0 bridgehead atoms. The van der Waals surface area contributed by atoms with Crippen molar-refractivity contribution in [2.75, 3.05) is 14.2 Å². The Kier molecular flexibility index (Phi) is 3.13. The zero-order valence-corrected chi connectivity index (χ0v) is 9.75. The van der Waals surface area contributed by atoms with Gasteiger partial charge < -0.3 is 10.1 Å². The Bertz CT molecular complexity index is 401. The molecule has 0 saturated carbocycles. The van der Waals surface area contributed by atoms with Crippen LogP contribution in [-0.4, -0.2) is 20.1 Å². The zero-order chi connectivity index (χ0) is 11.5. The molecular formula is C13H17NO2. The third-order valence-corrected chi connectivity index (χ3v) is 3.23. The molecule has 3 nitrogen and oxygen atoms in total. The first-order chi connectivity index (χ1) is 7.76. The van der Waals surface area contributed by atoms with E-state index in [9.17, 15) is 4.79 Å². The van der Waals surface area contributed by atoms with Gasteiger partial charge in [-0.05, 0) is 42.5 Å². The molecule has 2 rings (SSSR count). The number of hydrogen-bond donors (Lipinski definition) is 1. The molecule has 3 heteroatoms. The van der Waals surface area contributed by atoms with Crippen molar-refractivity contribution in [3.63, 3.8) is 0 Å². The number of nitrogens with one attached hydrogen (secondary N) is 1. The fourth-order valence-electron chi connectivity index (χ4n) is 2.35. The highest BCUT2D eigenvalue weighted by molar-refractivity contribution is 5.84. The maximum Gasteiger partial charge on any atom is 0.227 e. The summed E-state index contributed by atoms with van der Waals surface area (Å²) in [4.78, 5) is 11.8. The van der Waals surface area contributed by atoms with E-state index in [1.807, 2.05) is 12.1 Å². The number of ether oxygens (including phenoxy) is 1. The Labute approximate surface area is 95.8 Å². The van der Waals surface area contributed by atoms with Gasteiger partial charge in [-0.3, -0.25) is 4.79 Å². The fraction of sp³-hybridized carbons (Fsp3) is 0.462. The second-order valence-corrected chi connectivity index (χ2v) is 4.12. The van der Waals surface area contributed by atoms with Crippen LogP contribution in [0, 0.1) is 0 Å². The molecule has 0 unspecified atom stereocenters. The third kappa shape index (κ3) is 1.90. The van der Waals surface area contributed by atoms with Crippen molar-refractivity contribution < 1.29 is 9.53 Å². The van der Waals surface area contributed by atoms with Gasteiger partial charge in [-0.2, -0.15) is 0 Å². The molecule has 16 heavy (non-hydrogen) atoms. The number of carbonyl (C=O) groups excluding carboxylic acids is 1. The molecule has 1 aliphatic carbocycles. The SMILES string of the molecule is CNC(=O)[C@@H]1CCCc2ccc(OC)cc21. The molecule has 0 saturated heterocycles. The molecule has 1 aromatic rings. The van der Waals surface area contributed by atoms with Gasteiger partial charge in [0, 0.05) is 7.05 Å². The average molecular weight is 219 g/mol. The number of likely N-dealkylation sites (N-methyl/N-ethyl adjacent to an activating group) is 1. The predicted molar refractivity (Wildman–Crippen MR) is 62.7 cm³/mol. The van der Waals surface area contributed by atoms with Gasteiger partial charge in [-0.15, -0.1) is 0 Å². The van der Waals surface area contributed by atoms with Gasteiger partial charge in [-0.25, -0.2) is 0 Å². The van der Waals surface area contributed by atoms with E-state index in [2.05, 4.69) is 11.4 Å². The first-order valence-electron chi connectivity index (χ1n) is 5.64. The molecule has 0 fully saturated rings. The summed E-state index contributed by atoms with van der Waals surface area (Å²) in [5.74, 6) is 0.924. The minimum Gasteiger partial charge on any atom is -0.497 e. The maximum atomic E-state index is 11.8. The van der Waals surface area contributed by atoms with Gasteiger partial charge in [0.15, 0.2) is 0 Å². The quantitative estimate of drug-likeness (QED) is 0.824. The molecular weight excluding hydrogens is 202 g/mol. The molecule has 1 atom stereocenters. The van der Waals surface area contributed by atoms with E-state index in [0.29, 0.717) is 0 Å². The lowest BCUT2D eigenvalue weighted by molar-refractivity contribution is -0.122. The van der Waals surface area contributed by atoms with E-state index < -0.39 is 0 Å². The number of hydrogen-bond acceptors (Lipinski definition) is 2. The maximum absolute atomic E-state index is 11.8. The van der Waals surface area contributed by atoms with Crippen molar-refractivity contribution in [2.45, 2.75) is 25.2 Å². The highest BCUT2D eigenvalue weighted by Gasteiger charge is 2.25. The molecule has 1 amide bonds. The van der Waals surface area contributed by atoms with E-state index >= 15 is 0 Å². The topological polar surface area (TPSA) is 38.3 Å². The molecule has 1 aliphatic rings. The van der Waals surface area contributed by atoms with Crippen molar-refractivity contribution in [1.29, 1.82) is 0 Å². The largest absolute Gasteiger partial charge is 0.497 e. The van der Waals surface area contributed by atoms with Crippen LogP contribution in [0.15, 0.2) is 18.2 Å². The molecule has 86 valence electrons. The second kappa shape index (κ2) is 4.56. The van der Waals surface area contributed by atoms with E-state index in [1.165, 1.54) is 5.56 Å². The van der Waals surface area contributed by atoms with Crippen LogP contribution in [0.5, 0.6) is 5.75 Å². The van der Waals surface area contributed by atoms with Crippen molar-refractivity contribution in [1.82, 2.24) is 5.32 Å². The van der Waals surface area contributed by atoms with Gasteiger partial charge >= 0.3 is 0 Å². The Morgan fingerprint density at radius 2 is 2.31 bits per heavy atom. The minimum absolute atomic E-state index is 0.0103. The third-order valence-electron chi connectivity index (χ3n) is 3.23. The van der Waals surface area contributed by atoms with Crippen LogP contribution in [0.2, 0.25) is 0 Å². The first kappa shape index (κ1) is 11.0. The van der Waals surface area contributed by atoms with Gasteiger partial charge in [0.05, 0.1) is 13.0 Å². The normalized spacial score (nSPS) is 18.8. The number of aryl methyl sites for hydroxylation is 1. The Hall–Kier alpha value is -1.51. The molecule has 1 aromatic carbocycles. The van der Waals surface area contributed by atoms with Crippen molar-refractivity contribution in [3.8, 4) is 5.75 Å². The smallest absolute Gasteiger partial charge is 0.227 e. The van der Waals surface area contributed by atoms with E-state index in [-0.39, 0.29) is 11.8 Å². The number of carbonyl (C=O) groups is 1. The molecule has 0 aliphatic heterocycles. The molecule has 0 spiro atoms. The molecule has 0 aromatic heterocycles. The van der Waals surface area contributed by atoms with Crippen molar-refractivity contribution >= 4 is 5.91 Å². The number of benzene rings is 1. The summed E-state index contributed by atoms with van der Waals surface area (Å²) in [6, 6.07) is 6.03. The molecule has 0 radical (unpaired) electrons. The highest BCUT2D eigenvalue weighted by atomic mass is 16.5. The molecule has 1 N–H and O–H groups in total. The van der Waals surface area contributed by atoms with Crippen molar-refractivity contribution in [2.24, 2.45) is 0 Å². The molecule has 0 heterocycles. The number of amides is 1. The number of methoxy groups -OCH3 is 1. The number of fused-ring (bicyclic) bond motifs is 1. The van der Waals surface area contributed by atoms with Gasteiger partial charge in [0.2, 0.25) is 5.91 Å². The summed E-state index contributed by atoms with van der Waals surface area (Å²) in [6.07, 6.45) is 3.07. The first-order valence-corrected chi connectivity index (χ1v) is 5.64. The van der Waals surface area contributed by atoms with Crippen LogP contribution in [0.3, 0.4) is 0 Å². The van der Waals surface area contributed by atoms with Crippen LogP contribution in [-0.2, 0) is 11.2 Å². The van der Waals surface area contributed by atoms with Crippen LogP contribution < -0.4 is 10.1 Å². The second-order valence-electron chi connectivity index (χ2n) is 4.12.